The van der Waals surface area contributed by atoms with Crippen LogP contribution in [0.3, 0.4) is 0 Å². The number of ether oxygens (including phenoxy) is 4. The molecule has 14 heteroatoms. The Morgan fingerprint density at radius 1 is 0.951 bits per heavy atom. The summed E-state index contributed by atoms with van der Waals surface area (Å²) in [6, 6.07) is 15.2. The second-order valence-electron chi connectivity index (χ2n) is 8.47. The minimum absolute atomic E-state index is 0.155. The molecular weight excluding hydrogens is 598 g/mol. The number of fused-ring (bicyclic) bond motifs is 6. The molecule has 0 saturated heterocycles. The van der Waals surface area contributed by atoms with Crippen molar-refractivity contribution in [2.45, 2.75) is 5.60 Å². The number of hydrogen-bond acceptors (Lipinski definition) is 8. The molecule has 204 valence electrons. The Morgan fingerprint density at radius 3 is 2.15 bits per heavy atom. The molecule has 3 aromatic rings. The summed E-state index contributed by atoms with van der Waals surface area (Å²) < 4.78 is 23.4. The number of nitrogens with one attached hydrogen (secondary N) is 1. The number of alkyl halides is 1. The summed E-state index contributed by atoms with van der Waals surface area (Å²) in [5, 5.41) is 9.59. The zero-order valence-electron chi connectivity index (χ0n) is 21.0. The Morgan fingerprint density at radius 2 is 1.56 bits per heavy atom. The van der Waals surface area contributed by atoms with E-state index in [2.05, 4.69) is 53.1 Å². The number of hydrogen-bond donors (Lipinski definition) is 1. The molecule has 2 aliphatic rings. The molecule has 1 spiro atoms. The maximum Gasteiger partial charge on any atom is 0.340 e. The van der Waals surface area contributed by atoms with Gasteiger partial charge < -0.3 is 24.3 Å². The van der Waals surface area contributed by atoms with Crippen LogP contribution in [0.15, 0.2) is 64.8 Å². The highest BCUT2D eigenvalue weighted by molar-refractivity contribution is 9.09. The van der Waals surface area contributed by atoms with Gasteiger partial charge >= 0.3 is 5.97 Å². The standard InChI is InChI=1S/C27H18BrN7O6/c28-13-25(36)31-9-1-2-16-3-6-20-19(10-16)26(37)41-27(20)21-7-4-17(38-14-32-34-29)11-23(21)40-24-12-18(5-8-22(24)27)39-15-33-35-30/h3-8,10-12H,9,13-15H2,(H,31,36). The first-order valence-electron chi connectivity index (χ1n) is 11.9. The van der Waals surface area contributed by atoms with Gasteiger partial charge in [-0.2, -0.15) is 0 Å². The SMILES string of the molecule is [N-]=[N+]=NCOc1ccc2c(c1)Oc1cc(OCN=[N+]=[N-])ccc1C21OC(=O)c2cc(C#CCNC(=O)CBr)ccc21. The molecule has 2 heterocycles. The summed E-state index contributed by atoms with van der Waals surface area (Å²) in [7, 11) is 0. The fourth-order valence-corrected chi connectivity index (χ4v) is 4.74. The molecule has 0 fully saturated rings. The van der Waals surface area contributed by atoms with Crippen LogP contribution in [0.4, 0.5) is 0 Å². The van der Waals surface area contributed by atoms with Crippen LogP contribution < -0.4 is 19.5 Å². The van der Waals surface area contributed by atoms with Crippen molar-refractivity contribution in [1.82, 2.24) is 5.32 Å². The van der Waals surface area contributed by atoms with Gasteiger partial charge in [0.15, 0.2) is 19.1 Å². The minimum atomic E-state index is -1.36. The van der Waals surface area contributed by atoms with Crippen molar-refractivity contribution in [3.05, 3.63) is 103 Å². The molecule has 3 aromatic carbocycles. The van der Waals surface area contributed by atoms with Crippen LogP contribution in [0.25, 0.3) is 20.9 Å². The van der Waals surface area contributed by atoms with Gasteiger partial charge in [0.05, 0.1) is 17.4 Å². The van der Waals surface area contributed by atoms with E-state index in [0.29, 0.717) is 50.8 Å². The number of carbonyl (C=O) groups is 2. The first-order chi connectivity index (χ1) is 20.0. The third-order valence-corrected chi connectivity index (χ3v) is 6.69. The zero-order valence-corrected chi connectivity index (χ0v) is 22.6. The number of amides is 1. The Hall–Kier alpha value is -5.34. The second-order valence-corrected chi connectivity index (χ2v) is 9.03. The van der Waals surface area contributed by atoms with E-state index in [1.54, 1.807) is 54.6 Å². The maximum atomic E-state index is 13.3. The number of esters is 1. The monoisotopic (exact) mass is 615 g/mol. The lowest BCUT2D eigenvalue weighted by atomic mass is 9.77. The molecule has 41 heavy (non-hydrogen) atoms. The lowest BCUT2D eigenvalue weighted by molar-refractivity contribution is -0.118. The Kier molecular flexibility index (Phi) is 7.85. The molecule has 5 rings (SSSR count). The number of azide groups is 2. The number of nitrogens with zero attached hydrogens (tertiary/aromatic N) is 6. The molecule has 2 aliphatic heterocycles. The molecule has 0 unspecified atom stereocenters. The number of rotatable bonds is 8. The van der Waals surface area contributed by atoms with E-state index in [4.69, 9.17) is 30.0 Å². The van der Waals surface area contributed by atoms with Gasteiger partial charge in [-0.3, -0.25) is 4.79 Å². The topological polar surface area (TPSA) is 181 Å². The molecule has 1 amide bonds. The van der Waals surface area contributed by atoms with Gasteiger partial charge in [0.1, 0.15) is 23.0 Å². The van der Waals surface area contributed by atoms with E-state index >= 15 is 0 Å². The number of benzene rings is 3. The van der Waals surface area contributed by atoms with Crippen molar-refractivity contribution in [2.24, 2.45) is 10.2 Å². The second kappa shape index (κ2) is 11.8. The summed E-state index contributed by atoms with van der Waals surface area (Å²) in [6.07, 6.45) is 0. The van der Waals surface area contributed by atoms with Crippen molar-refractivity contribution >= 4 is 27.8 Å². The average Bonchev–Trinajstić information content (AvgIpc) is 3.27. The molecule has 13 nitrogen and oxygen atoms in total. The molecule has 0 saturated carbocycles. The van der Waals surface area contributed by atoms with Crippen molar-refractivity contribution in [3.63, 3.8) is 0 Å². The molecular formula is C27H18BrN7O6. The maximum absolute atomic E-state index is 13.3. The van der Waals surface area contributed by atoms with Crippen LogP contribution in [-0.2, 0) is 15.1 Å². The lowest BCUT2D eigenvalue weighted by Crippen LogP contribution is -2.33. The quantitative estimate of drug-likeness (QED) is 0.0882. The van der Waals surface area contributed by atoms with Crippen LogP contribution in [0, 0.1) is 11.8 Å². The van der Waals surface area contributed by atoms with Crippen LogP contribution in [0.1, 0.15) is 32.6 Å². The summed E-state index contributed by atoms with van der Waals surface area (Å²) >= 11 is 3.08. The highest BCUT2D eigenvalue weighted by Crippen LogP contribution is 2.57. The fraction of sp³-hybridized carbons (Fsp3) is 0.185. The average molecular weight is 616 g/mol. The Labute approximate surface area is 240 Å². The third-order valence-electron chi connectivity index (χ3n) is 6.18. The van der Waals surface area contributed by atoms with Crippen molar-refractivity contribution in [1.29, 1.82) is 0 Å². The third kappa shape index (κ3) is 5.28. The van der Waals surface area contributed by atoms with E-state index in [-0.39, 0.29) is 31.2 Å². The number of halogens is 1. The van der Waals surface area contributed by atoms with E-state index in [1.807, 2.05) is 0 Å². The fourth-order valence-electron chi connectivity index (χ4n) is 4.54. The molecule has 0 radical (unpaired) electrons. The first kappa shape index (κ1) is 27.2. The predicted octanol–water partition coefficient (Wildman–Crippen LogP) is 5.41. The van der Waals surface area contributed by atoms with Gasteiger partial charge in [0.25, 0.3) is 0 Å². The summed E-state index contributed by atoms with van der Waals surface area (Å²) in [5.74, 6) is 6.50. The minimum Gasteiger partial charge on any atom is -0.487 e. The van der Waals surface area contributed by atoms with Gasteiger partial charge in [-0.1, -0.05) is 44.1 Å². The highest BCUT2D eigenvalue weighted by Gasteiger charge is 2.53. The summed E-state index contributed by atoms with van der Waals surface area (Å²) in [6.45, 7) is -0.298. The molecule has 1 N–H and O–H groups in total. The smallest absolute Gasteiger partial charge is 0.340 e. The molecule has 0 aromatic heterocycles. The summed E-state index contributed by atoms with van der Waals surface area (Å²) in [4.78, 5) is 30.1. The number of carbonyl (C=O) groups excluding carboxylic acids is 2. The first-order valence-corrected chi connectivity index (χ1v) is 13.1. The van der Waals surface area contributed by atoms with Crippen LogP contribution >= 0.6 is 15.9 Å². The summed E-state index contributed by atoms with van der Waals surface area (Å²) in [5.41, 5.74) is 18.3. The van der Waals surface area contributed by atoms with Gasteiger partial charge in [-0.25, -0.2) is 4.79 Å². The largest absolute Gasteiger partial charge is 0.487 e. The van der Waals surface area contributed by atoms with E-state index in [1.165, 1.54) is 0 Å². The zero-order chi connectivity index (χ0) is 28.8. The van der Waals surface area contributed by atoms with Gasteiger partial charge in [-0.15, -0.1) is 0 Å². The normalized spacial score (nSPS) is 15.3. The molecule has 0 atom stereocenters. The van der Waals surface area contributed by atoms with Crippen molar-refractivity contribution in [3.8, 4) is 34.8 Å². The van der Waals surface area contributed by atoms with Gasteiger partial charge in [0.2, 0.25) is 5.91 Å². The van der Waals surface area contributed by atoms with E-state index in [9.17, 15) is 9.59 Å². The molecule has 0 aliphatic carbocycles. The van der Waals surface area contributed by atoms with Crippen molar-refractivity contribution in [2.75, 3.05) is 25.3 Å². The predicted molar refractivity (Wildman–Crippen MR) is 148 cm³/mol. The lowest BCUT2D eigenvalue weighted by Gasteiger charge is -2.36. The van der Waals surface area contributed by atoms with Crippen LogP contribution in [0.2, 0.25) is 0 Å². The molecule has 0 bridgehead atoms. The van der Waals surface area contributed by atoms with Crippen LogP contribution in [-0.4, -0.2) is 37.2 Å². The Bertz CT molecular complexity index is 1650. The van der Waals surface area contributed by atoms with Gasteiger partial charge in [0, 0.05) is 44.2 Å². The Balaban J connectivity index is 1.59. The van der Waals surface area contributed by atoms with Crippen molar-refractivity contribution < 1.29 is 28.5 Å². The van der Waals surface area contributed by atoms with Gasteiger partial charge in [-0.05, 0) is 47.5 Å². The highest BCUT2D eigenvalue weighted by atomic mass is 79.9. The van der Waals surface area contributed by atoms with Crippen LogP contribution in [0.5, 0.6) is 23.0 Å². The van der Waals surface area contributed by atoms with E-state index in [0.717, 1.165) is 0 Å². The van der Waals surface area contributed by atoms with E-state index < -0.39 is 11.6 Å².